The summed E-state index contributed by atoms with van der Waals surface area (Å²) in [5.74, 6) is -0.303. The fourth-order valence-electron chi connectivity index (χ4n) is 1.72. The van der Waals surface area contributed by atoms with Crippen molar-refractivity contribution in [2.75, 3.05) is 26.4 Å². The summed E-state index contributed by atoms with van der Waals surface area (Å²) in [6.45, 7) is 6.18. The van der Waals surface area contributed by atoms with E-state index in [0.29, 0.717) is 44.8 Å². The molecule has 0 saturated heterocycles. The third-order valence-electron chi connectivity index (χ3n) is 2.65. The lowest BCUT2D eigenvalue weighted by Gasteiger charge is -2.11. The van der Waals surface area contributed by atoms with Crippen LogP contribution in [0.25, 0.3) is 0 Å². The van der Waals surface area contributed by atoms with Crippen LogP contribution in [0.15, 0.2) is 5.38 Å². The average Bonchev–Trinajstić information content (AvgIpc) is 2.68. The van der Waals surface area contributed by atoms with E-state index in [0.717, 1.165) is 4.88 Å². The van der Waals surface area contributed by atoms with E-state index in [1.165, 1.54) is 16.7 Å². The largest absolute Gasteiger partial charge is 0.388 e. The van der Waals surface area contributed by atoms with Crippen molar-refractivity contribution in [3.05, 3.63) is 21.6 Å². The summed E-state index contributed by atoms with van der Waals surface area (Å²) in [6, 6.07) is 0. The van der Waals surface area contributed by atoms with Gasteiger partial charge in [-0.25, -0.2) is 4.39 Å². The highest BCUT2D eigenvalue weighted by atomic mass is 32.1. The molecule has 3 nitrogen and oxygen atoms in total. The fourth-order valence-corrected chi connectivity index (χ4v) is 2.48. The normalized spacial score (nSPS) is 12.9. The Labute approximate surface area is 112 Å². The predicted octanol–water partition coefficient (Wildman–Crippen LogP) is 3.06. The first-order valence-corrected chi connectivity index (χ1v) is 7.11. The minimum absolute atomic E-state index is 0.303. The molecule has 0 amide bonds. The number of thiophene rings is 1. The molecule has 104 valence electrons. The van der Waals surface area contributed by atoms with Crippen molar-refractivity contribution in [1.29, 1.82) is 0 Å². The highest BCUT2D eigenvalue weighted by molar-refractivity contribution is 7.10. The molecule has 0 aliphatic carbocycles. The van der Waals surface area contributed by atoms with Crippen LogP contribution in [0.2, 0.25) is 0 Å². The monoisotopic (exact) mass is 276 g/mol. The van der Waals surface area contributed by atoms with Crippen LogP contribution in [0.1, 0.15) is 36.3 Å². The maximum atomic E-state index is 13.4. The Kier molecular flexibility index (Phi) is 7.42. The van der Waals surface area contributed by atoms with Crippen molar-refractivity contribution in [3.8, 4) is 0 Å². The van der Waals surface area contributed by atoms with E-state index in [2.05, 4.69) is 0 Å². The predicted molar refractivity (Wildman–Crippen MR) is 70.5 cm³/mol. The molecular formula is C13H21FO3S. The lowest BCUT2D eigenvalue weighted by atomic mass is 10.1. The molecule has 0 radical (unpaired) electrons. The zero-order valence-electron chi connectivity index (χ0n) is 10.9. The lowest BCUT2D eigenvalue weighted by Crippen LogP contribution is -2.07. The molecule has 1 N–H and O–H groups in total. The van der Waals surface area contributed by atoms with Crippen molar-refractivity contribution in [3.63, 3.8) is 0 Å². The van der Waals surface area contributed by atoms with Gasteiger partial charge in [0.2, 0.25) is 0 Å². The van der Waals surface area contributed by atoms with Crippen LogP contribution >= 0.6 is 11.3 Å². The number of aliphatic hydroxyl groups excluding tert-OH is 1. The van der Waals surface area contributed by atoms with E-state index in [4.69, 9.17) is 9.47 Å². The number of aliphatic hydroxyl groups is 1. The van der Waals surface area contributed by atoms with Gasteiger partial charge in [-0.2, -0.15) is 0 Å². The summed E-state index contributed by atoms with van der Waals surface area (Å²) in [5, 5.41) is 11.3. The van der Waals surface area contributed by atoms with Crippen LogP contribution in [0.4, 0.5) is 4.39 Å². The summed E-state index contributed by atoms with van der Waals surface area (Å²) in [6.07, 6.45) is 0.497. The van der Waals surface area contributed by atoms with Crippen molar-refractivity contribution in [2.45, 2.75) is 32.8 Å². The van der Waals surface area contributed by atoms with E-state index in [9.17, 15) is 9.50 Å². The molecule has 0 bridgehead atoms. The molecule has 1 aromatic heterocycles. The second-order valence-corrected chi connectivity index (χ2v) is 5.10. The van der Waals surface area contributed by atoms with E-state index < -0.39 is 6.10 Å². The Morgan fingerprint density at radius 2 is 2.06 bits per heavy atom. The van der Waals surface area contributed by atoms with Crippen molar-refractivity contribution < 1.29 is 19.0 Å². The van der Waals surface area contributed by atoms with Crippen LogP contribution < -0.4 is 0 Å². The number of ether oxygens (including phenoxy) is 2. The molecule has 1 heterocycles. The lowest BCUT2D eigenvalue weighted by molar-refractivity contribution is 0.0464. The molecule has 1 unspecified atom stereocenters. The maximum Gasteiger partial charge on any atom is 0.139 e. The van der Waals surface area contributed by atoms with Gasteiger partial charge in [-0.05, 0) is 26.7 Å². The van der Waals surface area contributed by atoms with Crippen molar-refractivity contribution >= 4 is 11.3 Å². The molecule has 1 rings (SSSR count). The topological polar surface area (TPSA) is 38.7 Å². The van der Waals surface area contributed by atoms with Crippen LogP contribution in [0, 0.1) is 12.7 Å². The van der Waals surface area contributed by atoms with Gasteiger partial charge >= 0.3 is 0 Å². The molecule has 0 aromatic carbocycles. The minimum Gasteiger partial charge on any atom is -0.388 e. The quantitative estimate of drug-likeness (QED) is 0.705. The summed E-state index contributed by atoms with van der Waals surface area (Å²) in [5.41, 5.74) is 0.439. The Morgan fingerprint density at radius 1 is 1.33 bits per heavy atom. The SMILES string of the molecule is CCOCCOCCCC(O)c1c(F)csc1C. The molecule has 0 fully saturated rings. The molecule has 5 heteroatoms. The van der Waals surface area contributed by atoms with Gasteiger partial charge in [-0.1, -0.05) is 0 Å². The molecule has 18 heavy (non-hydrogen) atoms. The zero-order valence-corrected chi connectivity index (χ0v) is 11.8. The maximum absolute atomic E-state index is 13.4. The second-order valence-electron chi connectivity index (χ2n) is 4.02. The second kappa shape index (κ2) is 8.58. The van der Waals surface area contributed by atoms with Crippen LogP contribution in [0.5, 0.6) is 0 Å². The van der Waals surface area contributed by atoms with E-state index in [-0.39, 0.29) is 5.82 Å². The first kappa shape index (κ1) is 15.6. The Morgan fingerprint density at radius 3 is 2.67 bits per heavy atom. The third-order valence-corrected chi connectivity index (χ3v) is 3.55. The van der Waals surface area contributed by atoms with E-state index in [1.807, 2.05) is 13.8 Å². The number of aryl methyl sites for hydroxylation is 1. The number of hydrogen-bond acceptors (Lipinski definition) is 4. The average molecular weight is 276 g/mol. The Balaban J connectivity index is 2.16. The van der Waals surface area contributed by atoms with Crippen LogP contribution in [-0.2, 0) is 9.47 Å². The molecule has 0 aliphatic rings. The standard InChI is InChI=1S/C13H21FO3S/c1-3-16-7-8-17-6-4-5-12(15)13-10(2)18-9-11(13)14/h9,12,15H,3-8H2,1-2H3. The smallest absolute Gasteiger partial charge is 0.139 e. The molecule has 0 spiro atoms. The molecule has 1 atom stereocenters. The van der Waals surface area contributed by atoms with Gasteiger partial charge in [0.15, 0.2) is 0 Å². The summed E-state index contributed by atoms with van der Waals surface area (Å²) >= 11 is 1.33. The third kappa shape index (κ3) is 5.02. The highest BCUT2D eigenvalue weighted by Crippen LogP contribution is 2.29. The molecule has 0 aliphatic heterocycles. The van der Waals surface area contributed by atoms with E-state index >= 15 is 0 Å². The van der Waals surface area contributed by atoms with Gasteiger partial charge in [0.1, 0.15) is 5.82 Å². The summed E-state index contributed by atoms with van der Waals surface area (Å²) in [7, 11) is 0. The van der Waals surface area contributed by atoms with Crippen LogP contribution in [0.3, 0.4) is 0 Å². The van der Waals surface area contributed by atoms with E-state index in [1.54, 1.807) is 0 Å². The van der Waals surface area contributed by atoms with Crippen molar-refractivity contribution in [1.82, 2.24) is 0 Å². The van der Waals surface area contributed by atoms with Gasteiger partial charge in [0, 0.05) is 29.0 Å². The first-order valence-electron chi connectivity index (χ1n) is 6.23. The van der Waals surface area contributed by atoms with Gasteiger partial charge in [-0.15, -0.1) is 11.3 Å². The fraction of sp³-hybridized carbons (Fsp3) is 0.692. The highest BCUT2D eigenvalue weighted by Gasteiger charge is 2.16. The Hall–Kier alpha value is -0.490. The van der Waals surface area contributed by atoms with Crippen molar-refractivity contribution in [2.24, 2.45) is 0 Å². The molecule has 0 saturated carbocycles. The van der Waals surface area contributed by atoms with Gasteiger partial charge in [0.25, 0.3) is 0 Å². The summed E-state index contributed by atoms with van der Waals surface area (Å²) < 4.78 is 23.8. The zero-order chi connectivity index (χ0) is 13.4. The van der Waals surface area contributed by atoms with Gasteiger partial charge < -0.3 is 14.6 Å². The molecule has 1 aromatic rings. The van der Waals surface area contributed by atoms with Gasteiger partial charge in [0.05, 0.1) is 19.3 Å². The van der Waals surface area contributed by atoms with Gasteiger partial charge in [-0.3, -0.25) is 0 Å². The number of halogens is 1. The van der Waals surface area contributed by atoms with Crippen LogP contribution in [-0.4, -0.2) is 31.5 Å². The number of rotatable bonds is 9. The minimum atomic E-state index is -0.730. The Bertz CT molecular complexity index is 321. The molecular weight excluding hydrogens is 255 g/mol. The summed E-state index contributed by atoms with van der Waals surface area (Å²) in [4.78, 5) is 0.845. The first-order chi connectivity index (χ1) is 8.66. The number of hydrogen-bond donors (Lipinski definition) is 1.